The summed E-state index contributed by atoms with van der Waals surface area (Å²) in [6.07, 6.45) is 1.49. The Kier molecular flexibility index (Phi) is 7.93. The SMILES string of the molecule is CC(=O)Nc1cccc(C(=O)N/N=C\c2ccc(OCc3ccc(C(=O)O)cc3)c(Br)c2)c1. The number of nitrogens with one attached hydrogen (secondary N) is 2. The monoisotopic (exact) mass is 509 g/mol. The van der Waals surface area contributed by atoms with E-state index in [1.54, 1.807) is 54.6 Å². The summed E-state index contributed by atoms with van der Waals surface area (Å²) in [7, 11) is 0. The number of hydrogen-bond acceptors (Lipinski definition) is 5. The molecule has 9 heteroatoms. The van der Waals surface area contributed by atoms with Crippen LogP contribution in [0.25, 0.3) is 0 Å². The van der Waals surface area contributed by atoms with Crippen LogP contribution in [-0.2, 0) is 11.4 Å². The summed E-state index contributed by atoms with van der Waals surface area (Å²) in [5, 5.41) is 15.5. The second-order valence-corrected chi connectivity index (χ2v) is 7.80. The number of carboxylic acids is 1. The molecule has 168 valence electrons. The number of aromatic carboxylic acids is 1. The quantitative estimate of drug-likeness (QED) is 0.306. The standard InChI is InChI=1S/C24H20BrN3O5/c1-15(29)27-20-4-2-3-19(12-20)23(30)28-26-13-17-7-10-22(21(25)11-17)33-14-16-5-8-18(9-6-16)24(31)32/h2-13H,14H2,1H3,(H,27,29)(H,28,30)(H,31,32)/b26-13-. The smallest absolute Gasteiger partial charge is 0.335 e. The largest absolute Gasteiger partial charge is 0.488 e. The zero-order valence-electron chi connectivity index (χ0n) is 17.5. The van der Waals surface area contributed by atoms with Gasteiger partial charge >= 0.3 is 5.97 Å². The van der Waals surface area contributed by atoms with Crippen LogP contribution in [0.1, 0.15) is 38.8 Å². The van der Waals surface area contributed by atoms with E-state index in [-0.39, 0.29) is 18.1 Å². The normalized spacial score (nSPS) is 10.6. The highest BCUT2D eigenvalue weighted by molar-refractivity contribution is 9.10. The van der Waals surface area contributed by atoms with Crippen molar-refractivity contribution in [3.05, 3.63) is 93.5 Å². The van der Waals surface area contributed by atoms with Crippen molar-refractivity contribution in [1.82, 2.24) is 5.43 Å². The van der Waals surface area contributed by atoms with E-state index in [9.17, 15) is 14.4 Å². The summed E-state index contributed by atoms with van der Waals surface area (Å²) in [4.78, 5) is 34.3. The van der Waals surface area contributed by atoms with Crippen LogP contribution >= 0.6 is 15.9 Å². The zero-order chi connectivity index (χ0) is 23.8. The van der Waals surface area contributed by atoms with Gasteiger partial charge in [0.1, 0.15) is 12.4 Å². The highest BCUT2D eigenvalue weighted by Crippen LogP contribution is 2.26. The van der Waals surface area contributed by atoms with Crippen LogP contribution in [0.15, 0.2) is 76.3 Å². The molecule has 0 saturated carbocycles. The lowest BCUT2D eigenvalue weighted by molar-refractivity contribution is -0.114. The molecule has 3 N–H and O–H groups in total. The van der Waals surface area contributed by atoms with Gasteiger partial charge in [0.2, 0.25) is 5.91 Å². The molecule has 0 radical (unpaired) electrons. The van der Waals surface area contributed by atoms with Crippen molar-refractivity contribution < 1.29 is 24.2 Å². The highest BCUT2D eigenvalue weighted by Gasteiger charge is 2.07. The Balaban J connectivity index is 1.56. The number of carbonyl (C=O) groups is 3. The Morgan fingerprint density at radius 3 is 2.45 bits per heavy atom. The molecule has 0 aliphatic carbocycles. The van der Waals surface area contributed by atoms with E-state index >= 15 is 0 Å². The maximum absolute atomic E-state index is 12.3. The number of rotatable bonds is 8. The Morgan fingerprint density at radius 2 is 1.79 bits per heavy atom. The molecule has 3 aromatic carbocycles. The van der Waals surface area contributed by atoms with Crippen molar-refractivity contribution in [1.29, 1.82) is 0 Å². The van der Waals surface area contributed by atoms with Gasteiger partial charge in [-0.1, -0.05) is 18.2 Å². The number of hydrogen-bond donors (Lipinski definition) is 3. The molecule has 0 aliphatic heterocycles. The van der Waals surface area contributed by atoms with E-state index in [0.29, 0.717) is 21.5 Å². The first-order valence-corrected chi connectivity index (χ1v) is 10.6. The first-order chi connectivity index (χ1) is 15.8. The number of ether oxygens (including phenoxy) is 1. The van der Waals surface area contributed by atoms with E-state index in [4.69, 9.17) is 9.84 Å². The molecule has 0 heterocycles. The number of carboxylic acid groups (broad SMARTS) is 1. The second-order valence-electron chi connectivity index (χ2n) is 6.94. The summed E-state index contributed by atoms with van der Waals surface area (Å²) < 4.78 is 6.48. The van der Waals surface area contributed by atoms with Crippen LogP contribution in [0.5, 0.6) is 5.75 Å². The Hall–Kier alpha value is -3.98. The minimum absolute atomic E-state index is 0.219. The first-order valence-electron chi connectivity index (χ1n) is 9.77. The minimum Gasteiger partial charge on any atom is -0.488 e. The van der Waals surface area contributed by atoms with Crippen molar-refractivity contribution in [2.45, 2.75) is 13.5 Å². The molecule has 0 saturated heterocycles. The van der Waals surface area contributed by atoms with E-state index in [1.807, 2.05) is 0 Å². The minimum atomic E-state index is -0.975. The number of carbonyl (C=O) groups excluding carboxylic acids is 2. The molecule has 0 fully saturated rings. The van der Waals surface area contributed by atoms with Gasteiger partial charge in [0, 0.05) is 18.2 Å². The lowest BCUT2D eigenvalue weighted by Gasteiger charge is -2.09. The van der Waals surface area contributed by atoms with Gasteiger partial charge < -0.3 is 15.2 Å². The van der Waals surface area contributed by atoms with Crippen LogP contribution < -0.4 is 15.5 Å². The van der Waals surface area contributed by atoms with Crippen molar-refractivity contribution in [2.24, 2.45) is 5.10 Å². The summed E-state index contributed by atoms with van der Waals surface area (Å²) in [5.74, 6) is -1.00. The van der Waals surface area contributed by atoms with Gasteiger partial charge in [-0.25, -0.2) is 10.2 Å². The van der Waals surface area contributed by atoms with Crippen LogP contribution in [-0.4, -0.2) is 29.1 Å². The highest BCUT2D eigenvalue weighted by atomic mass is 79.9. The predicted octanol–water partition coefficient (Wildman–Crippen LogP) is 4.45. The predicted molar refractivity (Wildman–Crippen MR) is 128 cm³/mol. The van der Waals surface area contributed by atoms with Crippen LogP contribution in [0.2, 0.25) is 0 Å². The van der Waals surface area contributed by atoms with Gasteiger partial charge in [0.05, 0.1) is 16.3 Å². The third-order valence-electron chi connectivity index (χ3n) is 4.38. The molecule has 3 aromatic rings. The second kappa shape index (κ2) is 11.1. The Bertz CT molecular complexity index is 1210. The van der Waals surface area contributed by atoms with E-state index in [0.717, 1.165) is 11.1 Å². The zero-order valence-corrected chi connectivity index (χ0v) is 19.1. The average Bonchev–Trinajstić information content (AvgIpc) is 2.78. The van der Waals surface area contributed by atoms with Gasteiger partial charge in [-0.05, 0) is 75.6 Å². The summed E-state index contributed by atoms with van der Waals surface area (Å²) >= 11 is 3.45. The fourth-order valence-corrected chi connectivity index (χ4v) is 3.30. The number of anilines is 1. The number of hydrazone groups is 1. The number of benzene rings is 3. The molecule has 33 heavy (non-hydrogen) atoms. The molecule has 2 amide bonds. The lowest BCUT2D eigenvalue weighted by Crippen LogP contribution is -2.18. The number of amides is 2. The molecule has 0 unspecified atom stereocenters. The Labute approximate surface area is 198 Å². The summed E-state index contributed by atoms with van der Waals surface area (Å²) in [6, 6.07) is 18.3. The molecule has 0 atom stereocenters. The van der Waals surface area contributed by atoms with E-state index in [1.165, 1.54) is 25.3 Å². The fraction of sp³-hybridized carbons (Fsp3) is 0.0833. The molecule has 8 nitrogen and oxygen atoms in total. The summed E-state index contributed by atoms with van der Waals surface area (Å²) in [5.41, 5.74) is 5.12. The Morgan fingerprint density at radius 1 is 1.03 bits per heavy atom. The van der Waals surface area contributed by atoms with Crippen LogP contribution in [0.3, 0.4) is 0 Å². The van der Waals surface area contributed by atoms with Crippen molar-refractivity contribution in [3.8, 4) is 5.75 Å². The van der Waals surface area contributed by atoms with Gasteiger partial charge in [-0.2, -0.15) is 5.10 Å². The van der Waals surface area contributed by atoms with Crippen molar-refractivity contribution in [3.63, 3.8) is 0 Å². The van der Waals surface area contributed by atoms with Crippen molar-refractivity contribution >= 4 is 45.6 Å². The van der Waals surface area contributed by atoms with Gasteiger partial charge in [0.25, 0.3) is 5.91 Å². The van der Waals surface area contributed by atoms with E-state index < -0.39 is 11.9 Å². The summed E-state index contributed by atoms with van der Waals surface area (Å²) in [6.45, 7) is 1.67. The molecular formula is C24H20BrN3O5. The van der Waals surface area contributed by atoms with Gasteiger partial charge in [0.15, 0.2) is 0 Å². The molecule has 0 aromatic heterocycles. The van der Waals surface area contributed by atoms with Gasteiger partial charge in [-0.15, -0.1) is 0 Å². The molecule has 0 aliphatic rings. The average molecular weight is 510 g/mol. The lowest BCUT2D eigenvalue weighted by atomic mass is 10.1. The maximum atomic E-state index is 12.3. The topological polar surface area (TPSA) is 117 Å². The maximum Gasteiger partial charge on any atom is 0.335 e. The van der Waals surface area contributed by atoms with Gasteiger partial charge in [-0.3, -0.25) is 9.59 Å². The van der Waals surface area contributed by atoms with Crippen LogP contribution in [0.4, 0.5) is 5.69 Å². The third-order valence-corrected chi connectivity index (χ3v) is 5.00. The molecule has 3 rings (SSSR count). The van der Waals surface area contributed by atoms with Crippen molar-refractivity contribution in [2.75, 3.05) is 5.32 Å². The molecular weight excluding hydrogens is 490 g/mol. The molecule has 0 bridgehead atoms. The third kappa shape index (κ3) is 7.01. The molecule has 0 spiro atoms. The number of nitrogens with zero attached hydrogens (tertiary/aromatic N) is 1. The van der Waals surface area contributed by atoms with E-state index in [2.05, 4.69) is 31.8 Å². The fourth-order valence-electron chi connectivity index (χ4n) is 2.79. The number of halogens is 1. The van der Waals surface area contributed by atoms with Crippen LogP contribution in [0, 0.1) is 0 Å². The first kappa shape index (κ1) is 23.7.